The molecule has 104 valence electrons. The van der Waals surface area contributed by atoms with Crippen LogP contribution >= 0.6 is 27.5 Å². The molecule has 0 heterocycles. The van der Waals surface area contributed by atoms with Gasteiger partial charge in [0, 0.05) is 10.6 Å². The SMILES string of the molecule is CCc1cc(Oc2ccc(C(=N)N)cc2Br)ccc1Cl. The summed E-state index contributed by atoms with van der Waals surface area (Å²) in [6.07, 6.45) is 0.848. The highest BCUT2D eigenvalue weighted by Crippen LogP contribution is 2.32. The van der Waals surface area contributed by atoms with Crippen LogP contribution in [-0.2, 0) is 6.42 Å². The lowest BCUT2D eigenvalue weighted by Gasteiger charge is -2.10. The summed E-state index contributed by atoms with van der Waals surface area (Å²) in [6.45, 7) is 2.04. The van der Waals surface area contributed by atoms with Gasteiger partial charge in [0.25, 0.3) is 0 Å². The molecule has 2 aromatic rings. The quantitative estimate of drug-likeness (QED) is 0.616. The number of nitrogens with one attached hydrogen (secondary N) is 1. The fourth-order valence-electron chi connectivity index (χ4n) is 1.76. The van der Waals surface area contributed by atoms with Crippen molar-refractivity contribution in [2.45, 2.75) is 13.3 Å². The zero-order valence-electron chi connectivity index (χ0n) is 10.9. The number of ether oxygens (including phenoxy) is 1. The van der Waals surface area contributed by atoms with Crippen LogP contribution in [0.2, 0.25) is 5.02 Å². The minimum Gasteiger partial charge on any atom is -0.456 e. The van der Waals surface area contributed by atoms with Crippen LogP contribution in [0.15, 0.2) is 40.9 Å². The topological polar surface area (TPSA) is 59.1 Å². The molecule has 0 aliphatic rings. The van der Waals surface area contributed by atoms with E-state index < -0.39 is 0 Å². The molecule has 0 amide bonds. The van der Waals surface area contributed by atoms with Crippen molar-refractivity contribution in [1.29, 1.82) is 5.41 Å². The summed E-state index contributed by atoms with van der Waals surface area (Å²) < 4.78 is 6.57. The summed E-state index contributed by atoms with van der Waals surface area (Å²) in [5, 5.41) is 8.14. The summed E-state index contributed by atoms with van der Waals surface area (Å²) in [4.78, 5) is 0. The molecule has 0 atom stereocenters. The van der Waals surface area contributed by atoms with E-state index in [4.69, 9.17) is 27.5 Å². The third-order valence-corrected chi connectivity index (χ3v) is 3.86. The smallest absolute Gasteiger partial charge is 0.141 e. The predicted molar refractivity (Wildman–Crippen MR) is 86.1 cm³/mol. The van der Waals surface area contributed by atoms with E-state index in [1.54, 1.807) is 18.2 Å². The van der Waals surface area contributed by atoms with Crippen LogP contribution in [0.25, 0.3) is 0 Å². The Hall–Kier alpha value is -1.52. The molecule has 3 N–H and O–H groups in total. The largest absolute Gasteiger partial charge is 0.456 e. The number of nitrogen functional groups attached to an aromatic ring is 1. The van der Waals surface area contributed by atoms with E-state index in [1.807, 2.05) is 25.1 Å². The fourth-order valence-corrected chi connectivity index (χ4v) is 2.47. The highest BCUT2D eigenvalue weighted by atomic mass is 79.9. The summed E-state index contributed by atoms with van der Waals surface area (Å²) in [5.74, 6) is 1.42. The van der Waals surface area contributed by atoms with Crippen LogP contribution < -0.4 is 10.5 Å². The third kappa shape index (κ3) is 3.32. The lowest BCUT2D eigenvalue weighted by atomic mass is 10.1. The van der Waals surface area contributed by atoms with Crippen molar-refractivity contribution >= 4 is 33.4 Å². The number of hydrogen-bond acceptors (Lipinski definition) is 2. The van der Waals surface area contributed by atoms with Crippen LogP contribution in [0, 0.1) is 5.41 Å². The van der Waals surface area contributed by atoms with Gasteiger partial charge < -0.3 is 10.5 Å². The van der Waals surface area contributed by atoms with Gasteiger partial charge in [-0.15, -0.1) is 0 Å². The molecule has 0 fully saturated rings. The Morgan fingerprint density at radius 3 is 2.65 bits per heavy atom. The standard InChI is InChI=1S/C15H14BrClN2O/c1-2-9-7-11(4-5-13(9)17)20-14-6-3-10(15(18)19)8-12(14)16/h3-8H,2H2,1H3,(H3,18,19). The molecular weight excluding hydrogens is 340 g/mol. The first-order valence-corrected chi connectivity index (χ1v) is 7.28. The Balaban J connectivity index is 2.28. The average molecular weight is 354 g/mol. The molecule has 0 aromatic heterocycles. The fraction of sp³-hybridized carbons (Fsp3) is 0.133. The monoisotopic (exact) mass is 352 g/mol. The van der Waals surface area contributed by atoms with E-state index in [1.165, 1.54) is 0 Å². The third-order valence-electron chi connectivity index (χ3n) is 2.87. The van der Waals surface area contributed by atoms with Crippen molar-refractivity contribution in [3.63, 3.8) is 0 Å². The molecule has 2 aromatic carbocycles. The van der Waals surface area contributed by atoms with E-state index in [-0.39, 0.29) is 5.84 Å². The predicted octanol–water partition coefficient (Wildman–Crippen LogP) is 4.74. The molecule has 3 nitrogen and oxygen atoms in total. The second kappa shape index (κ2) is 6.29. The second-order valence-corrected chi connectivity index (χ2v) is 5.53. The number of nitrogens with two attached hydrogens (primary N) is 1. The second-order valence-electron chi connectivity index (χ2n) is 4.27. The van der Waals surface area contributed by atoms with Crippen LogP contribution in [0.1, 0.15) is 18.1 Å². The Kier molecular flexibility index (Phi) is 4.68. The highest BCUT2D eigenvalue weighted by molar-refractivity contribution is 9.10. The molecule has 0 unspecified atom stereocenters. The molecule has 0 spiro atoms. The molecule has 0 aliphatic heterocycles. The Morgan fingerprint density at radius 2 is 2.05 bits per heavy atom. The van der Waals surface area contributed by atoms with E-state index in [9.17, 15) is 0 Å². The molecular formula is C15H14BrClN2O. The van der Waals surface area contributed by atoms with Crippen molar-refractivity contribution in [2.24, 2.45) is 5.73 Å². The maximum Gasteiger partial charge on any atom is 0.141 e. The van der Waals surface area contributed by atoms with E-state index in [2.05, 4.69) is 15.9 Å². The molecule has 0 saturated heterocycles. The molecule has 2 rings (SSSR count). The summed E-state index contributed by atoms with van der Waals surface area (Å²) >= 11 is 9.50. The van der Waals surface area contributed by atoms with Crippen molar-refractivity contribution in [3.8, 4) is 11.5 Å². The molecule has 0 bridgehead atoms. The summed E-state index contributed by atoms with van der Waals surface area (Å²) in [5.41, 5.74) is 7.14. The molecule has 0 saturated carbocycles. The van der Waals surface area contributed by atoms with Crippen molar-refractivity contribution < 1.29 is 4.74 Å². The first kappa shape index (κ1) is 14.9. The number of aryl methyl sites for hydroxylation is 1. The van der Waals surface area contributed by atoms with Crippen molar-refractivity contribution in [2.75, 3.05) is 0 Å². The number of rotatable bonds is 4. The van der Waals surface area contributed by atoms with Gasteiger partial charge in [0.1, 0.15) is 17.3 Å². The normalized spacial score (nSPS) is 10.3. The first-order valence-electron chi connectivity index (χ1n) is 6.11. The molecule has 20 heavy (non-hydrogen) atoms. The van der Waals surface area contributed by atoms with E-state index in [0.29, 0.717) is 11.3 Å². The molecule has 0 radical (unpaired) electrons. The van der Waals surface area contributed by atoms with Gasteiger partial charge in [-0.2, -0.15) is 0 Å². The maximum atomic E-state index is 7.40. The van der Waals surface area contributed by atoms with Gasteiger partial charge in [-0.25, -0.2) is 0 Å². The van der Waals surface area contributed by atoms with Gasteiger partial charge in [0.2, 0.25) is 0 Å². The zero-order chi connectivity index (χ0) is 14.7. The maximum absolute atomic E-state index is 7.40. The highest BCUT2D eigenvalue weighted by Gasteiger charge is 2.07. The van der Waals surface area contributed by atoms with Crippen LogP contribution in [-0.4, -0.2) is 5.84 Å². The van der Waals surface area contributed by atoms with Gasteiger partial charge in [0.15, 0.2) is 0 Å². The van der Waals surface area contributed by atoms with Gasteiger partial charge in [-0.05, 0) is 64.3 Å². The van der Waals surface area contributed by atoms with Crippen LogP contribution in [0.5, 0.6) is 11.5 Å². The van der Waals surface area contributed by atoms with Crippen LogP contribution in [0.4, 0.5) is 0 Å². The van der Waals surface area contributed by atoms with Gasteiger partial charge in [-0.1, -0.05) is 18.5 Å². The number of benzene rings is 2. The summed E-state index contributed by atoms with van der Waals surface area (Å²) in [7, 11) is 0. The number of hydrogen-bond donors (Lipinski definition) is 2. The minimum atomic E-state index is 0.0250. The lowest BCUT2D eigenvalue weighted by Crippen LogP contribution is -2.10. The molecule has 5 heteroatoms. The number of amidine groups is 1. The Bertz CT molecular complexity index is 658. The van der Waals surface area contributed by atoms with Gasteiger partial charge >= 0.3 is 0 Å². The number of halogens is 2. The van der Waals surface area contributed by atoms with Crippen molar-refractivity contribution in [1.82, 2.24) is 0 Å². The van der Waals surface area contributed by atoms with E-state index in [0.717, 1.165) is 27.2 Å². The van der Waals surface area contributed by atoms with Crippen molar-refractivity contribution in [3.05, 3.63) is 57.0 Å². The van der Waals surface area contributed by atoms with Crippen LogP contribution in [0.3, 0.4) is 0 Å². The van der Waals surface area contributed by atoms with Gasteiger partial charge in [-0.3, -0.25) is 5.41 Å². The first-order chi connectivity index (χ1) is 9.51. The summed E-state index contributed by atoms with van der Waals surface area (Å²) in [6, 6.07) is 10.9. The lowest BCUT2D eigenvalue weighted by molar-refractivity contribution is 0.479. The van der Waals surface area contributed by atoms with E-state index >= 15 is 0 Å². The zero-order valence-corrected chi connectivity index (χ0v) is 13.3. The average Bonchev–Trinajstić information content (AvgIpc) is 2.42. The Morgan fingerprint density at radius 1 is 1.30 bits per heavy atom. The Labute approximate surface area is 131 Å². The van der Waals surface area contributed by atoms with Gasteiger partial charge in [0.05, 0.1) is 4.47 Å². The molecule has 0 aliphatic carbocycles. The minimum absolute atomic E-state index is 0.0250.